The molecule has 0 fully saturated rings. The molecule has 0 spiro atoms. The van der Waals surface area contributed by atoms with Gasteiger partial charge in [0.05, 0.1) is 23.7 Å². The number of aromatic nitrogens is 2. The minimum atomic E-state index is -0.413. The summed E-state index contributed by atoms with van der Waals surface area (Å²) in [4.78, 5) is 21.2. The van der Waals surface area contributed by atoms with Crippen LogP contribution in [0.4, 0.5) is 0 Å². The third kappa shape index (κ3) is 8.12. The van der Waals surface area contributed by atoms with E-state index < -0.39 is 5.97 Å². The van der Waals surface area contributed by atoms with Crippen LogP contribution in [-0.2, 0) is 12.8 Å². The first-order valence-electron chi connectivity index (χ1n) is 12.4. The van der Waals surface area contributed by atoms with E-state index in [1.165, 1.54) is 68.7 Å². The monoisotopic (exact) mass is 444 g/mol. The average molecular weight is 445 g/mol. The molecule has 2 aromatic carbocycles. The smallest absolute Gasteiger partial charge is 0.344 e. The Hall–Kier alpha value is -3.01. The number of ether oxygens (including phenoxy) is 1. The highest BCUT2D eigenvalue weighted by Crippen LogP contribution is 2.19. The molecule has 0 unspecified atom stereocenters. The minimum absolute atomic E-state index is 0.208. The lowest BCUT2D eigenvalue weighted by molar-refractivity contribution is 0.0727. The lowest BCUT2D eigenvalue weighted by atomic mass is 10.0. The van der Waals surface area contributed by atoms with Crippen molar-refractivity contribution in [3.63, 3.8) is 0 Å². The molecular weight excluding hydrogens is 408 g/mol. The van der Waals surface area contributed by atoms with Gasteiger partial charge in [-0.25, -0.2) is 14.8 Å². The fourth-order valence-corrected chi connectivity index (χ4v) is 3.81. The zero-order chi connectivity index (χ0) is 23.3. The maximum atomic E-state index is 12.5. The summed E-state index contributed by atoms with van der Waals surface area (Å²) in [5.41, 5.74) is 4.87. The van der Waals surface area contributed by atoms with Gasteiger partial charge in [0.25, 0.3) is 0 Å². The number of benzene rings is 2. The van der Waals surface area contributed by atoms with Gasteiger partial charge >= 0.3 is 5.97 Å². The summed E-state index contributed by atoms with van der Waals surface area (Å²) >= 11 is 0. The van der Waals surface area contributed by atoms with Crippen LogP contribution in [0, 0.1) is 0 Å². The third-order valence-corrected chi connectivity index (χ3v) is 5.90. The Bertz CT molecular complexity index is 964. The Morgan fingerprint density at radius 3 is 1.94 bits per heavy atom. The van der Waals surface area contributed by atoms with E-state index >= 15 is 0 Å². The second-order valence-corrected chi connectivity index (χ2v) is 8.64. The number of rotatable bonds is 13. The van der Waals surface area contributed by atoms with Crippen LogP contribution in [-0.4, -0.2) is 15.9 Å². The summed E-state index contributed by atoms with van der Waals surface area (Å²) in [7, 11) is 0. The summed E-state index contributed by atoms with van der Waals surface area (Å²) in [5, 5.41) is 0. The number of carbonyl (C=O) groups excluding carboxylic acids is 1. The fourth-order valence-electron chi connectivity index (χ4n) is 3.81. The van der Waals surface area contributed by atoms with Gasteiger partial charge in [0, 0.05) is 5.56 Å². The molecule has 1 aromatic heterocycles. The van der Waals surface area contributed by atoms with Crippen LogP contribution in [0.3, 0.4) is 0 Å². The number of esters is 1. The SMILES string of the molecule is CCCCCCCCc1ccc(C(=O)Oc2cnc(-c3ccc(CCCC)cc3)cn2)cc1. The normalized spacial score (nSPS) is 10.8. The second kappa shape index (κ2) is 13.5. The highest BCUT2D eigenvalue weighted by molar-refractivity contribution is 5.90. The molecule has 0 radical (unpaired) electrons. The van der Waals surface area contributed by atoms with Crippen LogP contribution < -0.4 is 4.74 Å². The zero-order valence-electron chi connectivity index (χ0n) is 20.1. The van der Waals surface area contributed by atoms with Crippen molar-refractivity contribution in [1.82, 2.24) is 9.97 Å². The quantitative estimate of drug-likeness (QED) is 0.201. The van der Waals surface area contributed by atoms with Crippen molar-refractivity contribution in [2.24, 2.45) is 0 Å². The van der Waals surface area contributed by atoms with E-state index in [-0.39, 0.29) is 5.88 Å². The Labute approximate surface area is 198 Å². The molecule has 0 aliphatic rings. The van der Waals surface area contributed by atoms with Gasteiger partial charge in [-0.15, -0.1) is 0 Å². The first-order valence-corrected chi connectivity index (χ1v) is 12.4. The summed E-state index contributed by atoms with van der Waals surface area (Å²) in [5.74, 6) is -0.206. The maximum absolute atomic E-state index is 12.5. The molecule has 0 amide bonds. The van der Waals surface area contributed by atoms with Gasteiger partial charge in [-0.05, 0) is 48.9 Å². The molecule has 0 bridgehead atoms. The summed E-state index contributed by atoms with van der Waals surface area (Å²) in [6, 6.07) is 16.1. The van der Waals surface area contributed by atoms with Gasteiger partial charge in [-0.3, -0.25) is 0 Å². The van der Waals surface area contributed by atoms with Crippen molar-refractivity contribution in [2.75, 3.05) is 0 Å². The highest BCUT2D eigenvalue weighted by Gasteiger charge is 2.10. The number of unbranched alkanes of at least 4 members (excludes halogenated alkanes) is 6. The molecule has 0 saturated heterocycles. The van der Waals surface area contributed by atoms with E-state index in [2.05, 4.69) is 48.1 Å². The molecule has 0 saturated carbocycles. The summed E-state index contributed by atoms with van der Waals surface area (Å²) < 4.78 is 5.42. The zero-order valence-corrected chi connectivity index (χ0v) is 20.1. The molecule has 0 atom stereocenters. The van der Waals surface area contributed by atoms with E-state index in [1.807, 2.05) is 24.3 Å². The van der Waals surface area contributed by atoms with Gasteiger partial charge in [-0.2, -0.15) is 0 Å². The predicted molar refractivity (Wildman–Crippen MR) is 135 cm³/mol. The van der Waals surface area contributed by atoms with E-state index in [0.29, 0.717) is 5.56 Å². The van der Waals surface area contributed by atoms with E-state index in [9.17, 15) is 4.79 Å². The van der Waals surface area contributed by atoms with Gasteiger partial charge in [-0.1, -0.05) is 88.8 Å². The van der Waals surface area contributed by atoms with Gasteiger partial charge in [0.15, 0.2) is 0 Å². The molecule has 4 heteroatoms. The first-order chi connectivity index (χ1) is 16.2. The molecule has 0 aliphatic heterocycles. The number of hydrogen-bond donors (Lipinski definition) is 0. The second-order valence-electron chi connectivity index (χ2n) is 8.64. The van der Waals surface area contributed by atoms with Crippen molar-refractivity contribution < 1.29 is 9.53 Å². The van der Waals surface area contributed by atoms with Crippen LogP contribution in [0.2, 0.25) is 0 Å². The van der Waals surface area contributed by atoms with Crippen LogP contribution in [0.1, 0.15) is 86.7 Å². The molecule has 0 N–H and O–H groups in total. The minimum Gasteiger partial charge on any atom is -0.402 e. The van der Waals surface area contributed by atoms with E-state index in [0.717, 1.165) is 24.1 Å². The average Bonchev–Trinajstić information content (AvgIpc) is 2.86. The topological polar surface area (TPSA) is 52.1 Å². The standard InChI is InChI=1S/C29H36N2O2/c1-3-5-7-8-9-10-12-24-15-19-26(20-16-24)29(32)33-28-22-30-27(21-31-28)25-17-13-23(14-18-25)11-6-4-2/h13-22H,3-12H2,1-2H3. The number of aryl methyl sites for hydroxylation is 2. The molecule has 0 aliphatic carbocycles. The van der Waals surface area contributed by atoms with Crippen molar-refractivity contribution in [3.8, 4) is 17.1 Å². The molecule has 1 heterocycles. The third-order valence-electron chi connectivity index (χ3n) is 5.90. The van der Waals surface area contributed by atoms with Crippen LogP contribution >= 0.6 is 0 Å². The van der Waals surface area contributed by atoms with E-state index in [4.69, 9.17) is 4.74 Å². The van der Waals surface area contributed by atoms with Gasteiger partial charge in [0.1, 0.15) is 0 Å². The Morgan fingerprint density at radius 1 is 0.697 bits per heavy atom. The Balaban J connectivity index is 1.49. The summed E-state index contributed by atoms with van der Waals surface area (Å²) in [6.07, 6.45) is 15.4. The van der Waals surface area contributed by atoms with E-state index in [1.54, 1.807) is 6.20 Å². The molecule has 33 heavy (non-hydrogen) atoms. The van der Waals surface area contributed by atoms with Crippen molar-refractivity contribution in [1.29, 1.82) is 0 Å². The lowest BCUT2D eigenvalue weighted by Crippen LogP contribution is -2.09. The van der Waals surface area contributed by atoms with Crippen molar-refractivity contribution in [3.05, 3.63) is 77.6 Å². The Kier molecular flexibility index (Phi) is 10.1. The van der Waals surface area contributed by atoms with Crippen LogP contribution in [0.5, 0.6) is 5.88 Å². The number of nitrogens with zero attached hydrogens (tertiary/aromatic N) is 2. The molecular formula is C29H36N2O2. The predicted octanol–water partition coefficient (Wildman–Crippen LogP) is 7.61. The Morgan fingerprint density at radius 2 is 1.30 bits per heavy atom. The molecule has 174 valence electrons. The van der Waals surface area contributed by atoms with Crippen molar-refractivity contribution in [2.45, 2.75) is 78.1 Å². The molecule has 3 rings (SSSR count). The van der Waals surface area contributed by atoms with Gasteiger partial charge < -0.3 is 4.74 Å². The first kappa shape index (κ1) is 24.6. The van der Waals surface area contributed by atoms with Crippen LogP contribution in [0.15, 0.2) is 60.9 Å². The summed E-state index contributed by atoms with van der Waals surface area (Å²) in [6.45, 7) is 4.44. The van der Waals surface area contributed by atoms with Crippen LogP contribution in [0.25, 0.3) is 11.3 Å². The maximum Gasteiger partial charge on any atom is 0.344 e. The largest absolute Gasteiger partial charge is 0.402 e. The fraction of sp³-hybridized carbons (Fsp3) is 0.414. The van der Waals surface area contributed by atoms with Gasteiger partial charge in [0.2, 0.25) is 5.88 Å². The highest BCUT2D eigenvalue weighted by atomic mass is 16.5. The molecule has 3 aromatic rings. The van der Waals surface area contributed by atoms with Crippen molar-refractivity contribution >= 4 is 5.97 Å². The number of hydrogen-bond acceptors (Lipinski definition) is 4. The number of carbonyl (C=O) groups is 1. The molecule has 4 nitrogen and oxygen atoms in total. The lowest BCUT2D eigenvalue weighted by Gasteiger charge is -2.06.